The average Bonchev–Trinajstić information content (AvgIpc) is 2.34. The van der Waals surface area contributed by atoms with Crippen molar-refractivity contribution in [1.29, 1.82) is 0 Å². The SMILES string of the molecule is CC(Cl)C(=O)NCCNC(=O)c1c(F)cccc1Cl. The molecule has 1 unspecified atom stereocenters. The van der Waals surface area contributed by atoms with Crippen LogP contribution in [0.4, 0.5) is 4.39 Å². The Balaban J connectivity index is 2.46. The van der Waals surface area contributed by atoms with Gasteiger partial charge in [-0.3, -0.25) is 9.59 Å². The van der Waals surface area contributed by atoms with E-state index in [0.717, 1.165) is 6.07 Å². The lowest BCUT2D eigenvalue weighted by molar-refractivity contribution is -0.120. The lowest BCUT2D eigenvalue weighted by Crippen LogP contribution is -2.37. The van der Waals surface area contributed by atoms with Crippen LogP contribution >= 0.6 is 23.2 Å². The van der Waals surface area contributed by atoms with Crippen LogP contribution in [-0.2, 0) is 4.79 Å². The maximum atomic E-state index is 13.4. The molecule has 4 nitrogen and oxygen atoms in total. The van der Waals surface area contributed by atoms with Crippen molar-refractivity contribution in [2.75, 3.05) is 13.1 Å². The zero-order valence-electron chi connectivity index (χ0n) is 10.2. The van der Waals surface area contributed by atoms with E-state index in [1.807, 2.05) is 0 Å². The molecule has 0 bridgehead atoms. The van der Waals surface area contributed by atoms with E-state index in [1.165, 1.54) is 19.1 Å². The summed E-state index contributed by atoms with van der Waals surface area (Å²) in [6.07, 6.45) is 0. The summed E-state index contributed by atoms with van der Waals surface area (Å²) in [7, 11) is 0. The number of rotatable bonds is 5. The quantitative estimate of drug-likeness (QED) is 0.645. The molecule has 2 N–H and O–H groups in total. The molecule has 0 aromatic heterocycles. The van der Waals surface area contributed by atoms with E-state index in [-0.39, 0.29) is 29.6 Å². The van der Waals surface area contributed by atoms with Crippen molar-refractivity contribution in [2.24, 2.45) is 0 Å². The molecule has 7 heteroatoms. The summed E-state index contributed by atoms with van der Waals surface area (Å²) in [6, 6.07) is 3.99. The Hall–Kier alpha value is -1.33. The molecule has 1 atom stereocenters. The highest BCUT2D eigenvalue weighted by Crippen LogP contribution is 2.18. The van der Waals surface area contributed by atoms with E-state index >= 15 is 0 Å². The highest BCUT2D eigenvalue weighted by molar-refractivity contribution is 6.33. The van der Waals surface area contributed by atoms with Gasteiger partial charge in [0.25, 0.3) is 5.91 Å². The normalized spacial score (nSPS) is 11.8. The van der Waals surface area contributed by atoms with Crippen molar-refractivity contribution in [3.8, 4) is 0 Å². The molecular weight excluding hydrogens is 294 g/mol. The van der Waals surface area contributed by atoms with Crippen molar-refractivity contribution in [3.63, 3.8) is 0 Å². The Morgan fingerprint density at radius 3 is 2.53 bits per heavy atom. The van der Waals surface area contributed by atoms with Gasteiger partial charge in [0.15, 0.2) is 0 Å². The predicted octanol–water partition coefficient (Wildman–Crippen LogP) is 1.95. The first-order valence-corrected chi connectivity index (χ1v) is 6.39. The van der Waals surface area contributed by atoms with Crippen molar-refractivity contribution >= 4 is 35.0 Å². The molecule has 1 aromatic carbocycles. The summed E-state index contributed by atoms with van der Waals surface area (Å²) in [5, 5.41) is 4.36. The molecule has 0 radical (unpaired) electrons. The number of alkyl halides is 1. The molecule has 0 saturated carbocycles. The number of carbonyl (C=O) groups excluding carboxylic acids is 2. The topological polar surface area (TPSA) is 58.2 Å². The summed E-state index contributed by atoms with van der Waals surface area (Å²) >= 11 is 11.3. The smallest absolute Gasteiger partial charge is 0.255 e. The molecule has 19 heavy (non-hydrogen) atoms. The molecule has 2 amide bonds. The van der Waals surface area contributed by atoms with Gasteiger partial charge in [-0.1, -0.05) is 17.7 Å². The van der Waals surface area contributed by atoms with Crippen LogP contribution in [0.5, 0.6) is 0 Å². The fraction of sp³-hybridized carbons (Fsp3) is 0.333. The third kappa shape index (κ3) is 4.69. The van der Waals surface area contributed by atoms with E-state index in [1.54, 1.807) is 0 Å². The maximum Gasteiger partial charge on any atom is 0.255 e. The monoisotopic (exact) mass is 306 g/mol. The van der Waals surface area contributed by atoms with Crippen LogP contribution in [0.2, 0.25) is 5.02 Å². The third-order valence-electron chi connectivity index (χ3n) is 2.26. The van der Waals surface area contributed by atoms with Crippen molar-refractivity contribution in [1.82, 2.24) is 10.6 Å². The highest BCUT2D eigenvalue weighted by atomic mass is 35.5. The molecular formula is C12H13Cl2FN2O2. The fourth-order valence-electron chi connectivity index (χ4n) is 1.31. The largest absolute Gasteiger partial charge is 0.353 e. The van der Waals surface area contributed by atoms with Crippen LogP contribution in [-0.4, -0.2) is 30.3 Å². The van der Waals surface area contributed by atoms with E-state index < -0.39 is 17.1 Å². The lowest BCUT2D eigenvalue weighted by Gasteiger charge is -2.09. The molecule has 0 aliphatic carbocycles. The van der Waals surface area contributed by atoms with Gasteiger partial charge in [0.2, 0.25) is 5.91 Å². The van der Waals surface area contributed by atoms with Gasteiger partial charge in [0.1, 0.15) is 11.2 Å². The van der Waals surface area contributed by atoms with Crippen LogP contribution in [0, 0.1) is 5.82 Å². The van der Waals surface area contributed by atoms with Gasteiger partial charge in [-0.15, -0.1) is 11.6 Å². The maximum absolute atomic E-state index is 13.4. The second-order valence-electron chi connectivity index (χ2n) is 3.76. The summed E-state index contributed by atoms with van der Waals surface area (Å²) in [6.45, 7) is 1.89. The number of halogens is 3. The standard InChI is InChI=1S/C12H13Cl2FN2O2/c1-7(13)11(18)16-5-6-17-12(19)10-8(14)3-2-4-9(10)15/h2-4,7H,5-6H2,1H3,(H,16,18)(H,17,19). The highest BCUT2D eigenvalue weighted by Gasteiger charge is 2.15. The summed E-state index contributed by atoms with van der Waals surface area (Å²) in [5.74, 6) is -1.65. The van der Waals surface area contributed by atoms with Crippen LogP contribution in [0.3, 0.4) is 0 Å². The minimum atomic E-state index is -0.691. The number of amides is 2. The number of carbonyl (C=O) groups is 2. The van der Waals surface area contributed by atoms with Crippen molar-refractivity contribution in [2.45, 2.75) is 12.3 Å². The molecule has 1 rings (SSSR count). The second-order valence-corrected chi connectivity index (χ2v) is 4.82. The van der Waals surface area contributed by atoms with E-state index in [2.05, 4.69) is 10.6 Å². The van der Waals surface area contributed by atoms with E-state index in [0.29, 0.717) is 0 Å². The molecule has 0 fully saturated rings. The Labute approximate surface area is 120 Å². The zero-order chi connectivity index (χ0) is 14.4. The van der Waals surface area contributed by atoms with Gasteiger partial charge >= 0.3 is 0 Å². The van der Waals surface area contributed by atoms with Gasteiger partial charge in [-0.25, -0.2) is 4.39 Å². The van der Waals surface area contributed by atoms with Crippen molar-refractivity contribution < 1.29 is 14.0 Å². The Morgan fingerprint density at radius 2 is 1.95 bits per heavy atom. The molecule has 0 heterocycles. The van der Waals surface area contributed by atoms with Crippen LogP contribution in [0.25, 0.3) is 0 Å². The van der Waals surface area contributed by atoms with Gasteiger partial charge < -0.3 is 10.6 Å². The predicted molar refractivity (Wildman–Crippen MR) is 72.1 cm³/mol. The van der Waals surface area contributed by atoms with Gasteiger partial charge in [-0.2, -0.15) is 0 Å². The molecule has 104 valence electrons. The summed E-state index contributed by atoms with van der Waals surface area (Å²) < 4.78 is 13.4. The minimum absolute atomic E-state index is 0.0379. The average molecular weight is 307 g/mol. The Kier molecular flexibility index (Phi) is 6.05. The van der Waals surface area contributed by atoms with Crippen LogP contribution in [0.1, 0.15) is 17.3 Å². The van der Waals surface area contributed by atoms with Gasteiger partial charge in [0, 0.05) is 13.1 Å². The van der Waals surface area contributed by atoms with Crippen molar-refractivity contribution in [3.05, 3.63) is 34.6 Å². The Morgan fingerprint density at radius 1 is 1.32 bits per heavy atom. The fourth-order valence-corrected chi connectivity index (χ4v) is 1.63. The van der Waals surface area contributed by atoms with Crippen LogP contribution < -0.4 is 10.6 Å². The molecule has 1 aromatic rings. The minimum Gasteiger partial charge on any atom is -0.353 e. The van der Waals surface area contributed by atoms with E-state index in [9.17, 15) is 14.0 Å². The van der Waals surface area contributed by atoms with Crippen LogP contribution in [0.15, 0.2) is 18.2 Å². The van der Waals surface area contributed by atoms with E-state index in [4.69, 9.17) is 23.2 Å². The molecule has 0 aliphatic heterocycles. The number of hydrogen-bond acceptors (Lipinski definition) is 2. The van der Waals surface area contributed by atoms with Gasteiger partial charge in [-0.05, 0) is 19.1 Å². The summed E-state index contributed by atoms with van der Waals surface area (Å²) in [5.41, 5.74) is -0.207. The lowest BCUT2D eigenvalue weighted by atomic mass is 10.2. The molecule has 0 saturated heterocycles. The first kappa shape index (κ1) is 15.7. The van der Waals surface area contributed by atoms with Gasteiger partial charge in [0.05, 0.1) is 10.6 Å². The first-order valence-electron chi connectivity index (χ1n) is 5.57. The Bertz CT molecular complexity index is 461. The second kappa shape index (κ2) is 7.31. The molecule has 0 spiro atoms. The molecule has 0 aliphatic rings. The third-order valence-corrected chi connectivity index (χ3v) is 2.77. The number of hydrogen-bond donors (Lipinski definition) is 2. The first-order chi connectivity index (χ1) is 8.93. The number of nitrogens with one attached hydrogen (secondary N) is 2. The summed E-state index contributed by atoms with van der Waals surface area (Å²) in [4.78, 5) is 22.8. The number of benzene rings is 1. The zero-order valence-corrected chi connectivity index (χ0v) is 11.7.